The van der Waals surface area contributed by atoms with E-state index >= 15 is 0 Å². The Labute approximate surface area is 311 Å². The Balaban J connectivity index is 1.21. The van der Waals surface area contributed by atoms with E-state index in [9.17, 15) is 0 Å². The fourth-order valence-electron chi connectivity index (χ4n) is 8.80. The summed E-state index contributed by atoms with van der Waals surface area (Å²) in [5, 5.41) is 4.95. The van der Waals surface area contributed by atoms with E-state index in [1.807, 2.05) is 0 Å². The minimum absolute atomic E-state index is 0.301. The van der Waals surface area contributed by atoms with E-state index < -0.39 is 0 Å². The Hall–Kier alpha value is -6.70. The Morgan fingerprint density at radius 2 is 0.830 bits per heavy atom. The average Bonchev–Trinajstić information content (AvgIpc) is 3.50. The van der Waals surface area contributed by atoms with Crippen LogP contribution in [0.2, 0.25) is 0 Å². The summed E-state index contributed by atoms with van der Waals surface area (Å²) in [6, 6.07) is 75.5. The first-order chi connectivity index (χ1) is 26.2. The number of nitrogens with zero attached hydrogens (tertiary/aromatic N) is 1. The van der Waals surface area contributed by atoms with E-state index in [1.165, 1.54) is 77.3 Å². The molecule has 0 amide bonds. The van der Waals surface area contributed by atoms with Crippen molar-refractivity contribution in [2.45, 2.75) is 12.3 Å². The highest BCUT2D eigenvalue weighted by Crippen LogP contribution is 2.57. The number of fused-ring (bicyclic) bond motifs is 5. The van der Waals surface area contributed by atoms with Crippen LogP contribution in [0.4, 0.5) is 17.1 Å². The van der Waals surface area contributed by atoms with Gasteiger partial charge in [-0.3, -0.25) is 0 Å². The number of para-hydroxylation sites is 1. The van der Waals surface area contributed by atoms with Crippen molar-refractivity contribution in [3.8, 4) is 33.4 Å². The second kappa shape index (κ2) is 12.5. The van der Waals surface area contributed by atoms with Gasteiger partial charge in [0.2, 0.25) is 0 Å². The van der Waals surface area contributed by atoms with Crippen molar-refractivity contribution in [1.29, 1.82) is 0 Å². The standard InChI is InChI=1S/C52H37N/c1-52(40-20-3-2-4-21-40)46-27-11-9-25-45(46)51-47(52)28-15-31-50(51)53(49-30-14-19-37-17-6-8-23-43(37)49)48-29-12-10-24-44(48)39-34-32-38(33-35-39)42-26-13-18-36-16-5-7-22-41(36)42/h2-35H,1H3. The first kappa shape index (κ1) is 31.1. The fourth-order valence-corrected chi connectivity index (χ4v) is 8.80. The molecular weight excluding hydrogens is 639 g/mol. The van der Waals surface area contributed by atoms with E-state index in [-0.39, 0.29) is 5.41 Å². The van der Waals surface area contributed by atoms with Crippen LogP contribution in [0, 0.1) is 0 Å². The first-order valence-electron chi connectivity index (χ1n) is 18.4. The highest BCUT2D eigenvalue weighted by atomic mass is 15.1. The molecule has 0 aliphatic heterocycles. The maximum atomic E-state index is 2.52. The molecule has 0 saturated heterocycles. The van der Waals surface area contributed by atoms with E-state index in [2.05, 4.69) is 218 Å². The molecule has 0 aromatic heterocycles. The molecule has 1 aliphatic rings. The third kappa shape index (κ3) is 4.93. The maximum absolute atomic E-state index is 2.52. The molecule has 1 aliphatic carbocycles. The summed E-state index contributed by atoms with van der Waals surface area (Å²) in [6.07, 6.45) is 0. The molecule has 0 fully saturated rings. The predicted molar refractivity (Wildman–Crippen MR) is 224 cm³/mol. The lowest BCUT2D eigenvalue weighted by Gasteiger charge is -2.32. The van der Waals surface area contributed by atoms with E-state index in [0.29, 0.717) is 0 Å². The van der Waals surface area contributed by atoms with Crippen LogP contribution < -0.4 is 4.90 Å². The molecule has 0 bridgehead atoms. The average molecular weight is 676 g/mol. The van der Waals surface area contributed by atoms with Gasteiger partial charge < -0.3 is 4.90 Å². The number of hydrogen-bond acceptors (Lipinski definition) is 1. The number of rotatable bonds is 6. The first-order valence-corrected chi connectivity index (χ1v) is 18.4. The van der Waals surface area contributed by atoms with Crippen LogP contribution in [0.5, 0.6) is 0 Å². The molecule has 9 aromatic rings. The Morgan fingerprint density at radius 3 is 1.62 bits per heavy atom. The van der Waals surface area contributed by atoms with Crippen molar-refractivity contribution >= 4 is 38.6 Å². The molecule has 1 unspecified atom stereocenters. The van der Waals surface area contributed by atoms with Gasteiger partial charge in [-0.2, -0.15) is 0 Å². The lowest BCUT2D eigenvalue weighted by Crippen LogP contribution is -2.22. The molecule has 0 heterocycles. The summed E-state index contributed by atoms with van der Waals surface area (Å²) in [7, 11) is 0. The van der Waals surface area contributed by atoms with Gasteiger partial charge in [-0.25, -0.2) is 0 Å². The van der Waals surface area contributed by atoms with Gasteiger partial charge in [0.25, 0.3) is 0 Å². The third-order valence-electron chi connectivity index (χ3n) is 11.4. The summed E-state index contributed by atoms with van der Waals surface area (Å²) >= 11 is 0. The van der Waals surface area contributed by atoms with E-state index in [1.54, 1.807) is 0 Å². The van der Waals surface area contributed by atoms with Gasteiger partial charge in [0.05, 0.1) is 17.1 Å². The molecule has 9 aromatic carbocycles. The zero-order chi connectivity index (χ0) is 35.4. The molecule has 0 radical (unpaired) electrons. The van der Waals surface area contributed by atoms with Crippen LogP contribution in [0.1, 0.15) is 23.6 Å². The van der Waals surface area contributed by atoms with Crippen LogP contribution in [-0.4, -0.2) is 0 Å². The number of benzene rings is 9. The Kier molecular flexibility index (Phi) is 7.33. The van der Waals surface area contributed by atoms with Crippen LogP contribution in [0.15, 0.2) is 206 Å². The highest BCUT2D eigenvalue weighted by molar-refractivity contribution is 6.05. The van der Waals surface area contributed by atoms with Crippen LogP contribution in [0.25, 0.3) is 54.9 Å². The SMILES string of the molecule is CC1(c2ccccc2)c2ccccc2-c2c(N(c3ccccc3-c3ccc(-c4cccc5ccccc45)cc3)c3cccc4ccccc34)cccc21. The lowest BCUT2D eigenvalue weighted by atomic mass is 9.74. The van der Waals surface area contributed by atoms with E-state index in [4.69, 9.17) is 0 Å². The van der Waals surface area contributed by atoms with Crippen LogP contribution in [0.3, 0.4) is 0 Å². The predicted octanol–water partition coefficient (Wildman–Crippen LogP) is 14.1. The third-order valence-corrected chi connectivity index (χ3v) is 11.4. The van der Waals surface area contributed by atoms with Crippen LogP contribution >= 0.6 is 0 Å². The Bertz CT molecular complexity index is 2790. The fraction of sp³-hybridized carbons (Fsp3) is 0.0385. The highest BCUT2D eigenvalue weighted by Gasteiger charge is 2.42. The van der Waals surface area contributed by atoms with Gasteiger partial charge in [0.1, 0.15) is 0 Å². The molecule has 10 rings (SSSR count). The van der Waals surface area contributed by atoms with Crippen molar-refractivity contribution in [3.63, 3.8) is 0 Å². The minimum Gasteiger partial charge on any atom is -0.309 e. The molecule has 1 heteroatoms. The number of anilines is 3. The molecule has 0 spiro atoms. The lowest BCUT2D eigenvalue weighted by molar-refractivity contribution is 0.714. The molecular formula is C52H37N. The van der Waals surface area contributed by atoms with Crippen molar-refractivity contribution in [1.82, 2.24) is 0 Å². The number of hydrogen-bond donors (Lipinski definition) is 0. The van der Waals surface area contributed by atoms with Gasteiger partial charge in [0, 0.05) is 21.9 Å². The summed E-state index contributed by atoms with van der Waals surface area (Å²) in [5.74, 6) is 0. The quantitative estimate of drug-likeness (QED) is 0.170. The maximum Gasteiger partial charge on any atom is 0.0543 e. The largest absolute Gasteiger partial charge is 0.309 e. The van der Waals surface area contributed by atoms with Crippen molar-refractivity contribution in [2.24, 2.45) is 0 Å². The second-order valence-corrected chi connectivity index (χ2v) is 14.2. The summed E-state index contributed by atoms with van der Waals surface area (Å²) in [6.45, 7) is 2.39. The zero-order valence-corrected chi connectivity index (χ0v) is 29.6. The second-order valence-electron chi connectivity index (χ2n) is 14.2. The molecule has 250 valence electrons. The van der Waals surface area contributed by atoms with E-state index in [0.717, 1.165) is 11.4 Å². The Morgan fingerprint density at radius 1 is 0.340 bits per heavy atom. The summed E-state index contributed by atoms with van der Waals surface area (Å²) in [5.41, 5.74) is 14.5. The smallest absolute Gasteiger partial charge is 0.0543 e. The normalized spacial score (nSPS) is 14.6. The monoisotopic (exact) mass is 675 g/mol. The summed E-state index contributed by atoms with van der Waals surface area (Å²) < 4.78 is 0. The summed E-state index contributed by atoms with van der Waals surface area (Å²) in [4.78, 5) is 2.52. The van der Waals surface area contributed by atoms with Crippen molar-refractivity contribution in [3.05, 3.63) is 223 Å². The molecule has 1 atom stereocenters. The van der Waals surface area contributed by atoms with Gasteiger partial charge in [-0.15, -0.1) is 0 Å². The molecule has 53 heavy (non-hydrogen) atoms. The van der Waals surface area contributed by atoms with Crippen molar-refractivity contribution < 1.29 is 0 Å². The molecule has 1 nitrogen and oxygen atoms in total. The van der Waals surface area contributed by atoms with Crippen molar-refractivity contribution in [2.75, 3.05) is 4.90 Å². The zero-order valence-electron chi connectivity index (χ0n) is 29.6. The van der Waals surface area contributed by atoms with Gasteiger partial charge in [-0.1, -0.05) is 188 Å². The molecule has 0 saturated carbocycles. The van der Waals surface area contributed by atoms with Gasteiger partial charge >= 0.3 is 0 Å². The molecule has 0 N–H and O–H groups in total. The van der Waals surface area contributed by atoms with Gasteiger partial charge in [-0.05, 0) is 80.2 Å². The minimum atomic E-state index is -0.301. The van der Waals surface area contributed by atoms with Crippen LogP contribution in [-0.2, 0) is 5.41 Å². The topological polar surface area (TPSA) is 3.24 Å². The van der Waals surface area contributed by atoms with Gasteiger partial charge in [0.15, 0.2) is 0 Å².